The van der Waals surface area contributed by atoms with Crippen molar-refractivity contribution in [1.82, 2.24) is 25.1 Å². The maximum atomic E-state index is 12.5. The fourth-order valence-corrected chi connectivity index (χ4v) is 2.52. The number of alkyl halides is 3. The van der Waals surface area contributed by atoms with E-state index < -0.39 is 29.0 Å². The zero-order chi connectivity index (χ0) is 18.9. The number of nitrogens with one attached hydrogen (secondary N) is 2. The summed E-state index contributed by atoms with van der Waals surface area (Å²) in [5.41, 5.74) is -2.76. The fraction of sp³-hybridized carbons (Fsp3) is 0.357. The van der Waals surface area contributed by atoms with Crippen LogP contribution in [0.1, 0.15) is 16.1 Å². The van der Waals surface area contributed by atoms with Crippen molar-refractivity contribution >= 4 is 11.7 Å². The number of anilines is 1. The van der Waals surface area contributed by atoms with Crippen LogP contribution in [0.5, 0.6) is 0 Å². The highest BCUT2D eigenvalue weighted by Crippen LogP contribution is 2.27. The number of aromatic amines is 2. The summed E-state index contributed by atoms with van der Waals surface area (Å²) in [4.78, 5) is 42.3. The second kappa shape index (κ2) is 6.61. The Hall–Kier alpha value is -3.18. The zero-order valence-electron chi connectivity index (χ0n) is 13.2. The number of carbonyl (C=O) groups is 1. The SMILES string of the molecule is O=C(c1c[nH]c(=O)[nH]c1=O)N1CCN(c2ccc(C(F)(F)F)nn2)CC1. The number of hydrogen-bond donors (Lipinski definition) is 2. The summed E-state index contributed by atoms with van der Waals surface area (Å²) < 4.78 is 37.5. The van der Waals surface area contributed by atoms with E-state index in [1.807, 2.05) is 4.98 Å². The molecule has 9 nitrogen and oxygen atoms in total. The largest absolute Gasteiger partial charge is 0.435 e. The molecule has 0 radical (unpaired) electrons. The monoisotopic (exact) mass is 370 g/mol. The molecular weight excluding hydrogens is 357 g/mol. The van der Waals surface area contributed by atoms with Crippen molar-refractivity contribution in [2.45, 2.75) is 6.18 Å². The van der Waals surface area contributed by atoms with Gasteiger partial charge in [0.05, 0.1) is 0 Å². The fourth-order valence-electron chi connectivity index (χ4n) is 2.52. The van der Waals surface area contributed by atoms with E-state index in [2.05, 4.69) is 15.2 Å². The summed E-state index contributed by atoms with van der Waals surface area (Å²) in [6, 6.07) is 2.07. The van der Waals surface area contributed by atoms with Crippen LogP contribution >= 0.6 is 0 Å². The Morgan fingerprint density at radius 1 is 1.08 bits per heavy atom. The molecular formula is C14H13F3N6O3. The molecule has 0 spiro atoms. The molecule has 138 valence electrons. The van der Waals surface area contributed by atoms with E-state index in [0.29, 0.717) is 13.1 Å². The molecule has 0 aliphatic carbocycles. The first-order chi connectivity index (χ1) is 12.3. The van der Waals surface area contributed by atoms with Gasteiger partial charge in [-0.05, 0) is 12.1 Å². The highest BCUT2D eigenvalue weighted by atomic mass is 19.4. The summed E-state index contributed by atoms with van der Waals surface area (Å²) in [7, 11) is 0. The van der Waals surface area contributed by atoms with Crippen LogP contribution in [0.15, 0.2) is 27.9 Å². The molecule has 1 aliphatic rings. The minimum atomic E-state index is -4.56. The average Bonchev–Trinajstić information content (AvgIpc) is 2.61. The topological polar surface area (TPSA) is 115 Å². The van der Waals surface area contributed by atoms with Gasteiger partial charge in [0.2, 0.25) is 0 Å². The van der Waals surface area contributed by atoms with Crippen LogP contribution in [0.2, 0.25) is 0 Å². The highest BCUT2D eigenvalue weighted by Gasteiger charge is 2.33. The Balaban J connectivity index is 1.66. The minimum absolute atomic E-state index is 0.188. The van der Waals surface area contributed by atoms with Crippen LogP contribution in [-0.2, 0) is 6.18 Å². The lowest BCUT2D eigenvalue weighted by Crippen LogP contribution is -2.50. The number of piperazine rings is 1. The molecule has 2 aromatic rings. The van der Waals surface area contributed by atoms with Crippen molar-refractivity contribution < 1.29 is 18.0 Å². The molecule has 1 amide bonds. The molecule has 3 rings (SSSR count). The van der Waals surface area contributed by atoms with E-state index in [0.717, 1.165) is 12.3 Å². The Kier molecular flexibility index (Phi) is 4.49. The summed E-state index contributed by atoms with van der Waals surface area (Å²) in [5.74, 6) is -0.271. The quantitative estimate of drug-likeness (QED) is 0.759. The van der Waals surface area contributed by atoms with E-state index in [-0.39, 0.29) is 24.5 Å². The third kappa shape index (κ3) is 3.58. The van der Waals surface area contributed by atoms with Crippen LogP contribution in [0.25, 0.3) is 0 Å². The lowest BCUT2D eigenvalue weighted by atomic mass is 10.2. The molecule has 1 fully saturated rings. The van der Waals surface area contributed by atoms with Crippen LogP contribution in [0.4, 0.5) is 19.0 Å². The van der Waals surface area contributed by atoms with Gasteiger partial charge in [-0.15, -0.1) is 10.2 Å². The number of rotatable bonds is 2. The van der Waals surface area contributed by atoms with Gasteiger partial charge in [-0.3, -0.25) is 14.6 Å². The third-order valence-electron chi connectivity index (χ3n) is 3.88. The Bertz CT molecular complexity index is 913. The first kappa shape index (κ1) is 17.6. The van der Waals surface area contributed by atoms with Gasteiger partial charge in [0.15, 0.2) is 11.5 Å². The Morgan fingerprint density at radius 3 is 2.31 bits per heavy atom. The second-order valence-corrected chi connectivity index (χ2v) is 5.54. The van der Waals surface area contributed by atoms with Gasteiger partial charge >= 0.3 is 11.9 Å². The first-order valence-electron chi connectivity index (χ1n) is 7.53. The maximum absolute atomic E-state index is 12.5. The predicted molar refractivity (Wildman–Crippen MR) is 82.8 cm³/mol. The van der Waals surface area contributed by atoms with Crippen molar-refractivity contribution in [2.75, 3.05) is 31.1 Å². The van der Waals surface area contributed by atoms with E-state index in [9.17, 15) is 27.6 Å². The molecule has 0 bridgehead atoms. The van der Waals surface area contributed by atoms with E-state index in [4.69, 9.17) is 0 Å². The summed E-state index contributed by atoms with van der Waals surface area (Å²) in [6.07, 6.45) is -3.50. The van der Waals surface area contributed by atoms with Crippen LogP contribution in [0, 0.1) is 0 Å². The van der Waals surface area contributed by atoms with Gasteiger partial charge in [0.1, 0.15) is 5.56 Å². The third-order valence-corrected chi connectivity index (χ3v) is 3.88. The maximum Gasteiger partial charge on any atom is 0.435 e. The zero-order valence-corrected chi connectivity index (χ0v) is 13.2. The molecule has 0 saturated carbocycles. The minimum Gasteiger partial charge on any atom is -0.352 e. The van der Waals surface area contributed by atoms with E-state index >= 15 is 0 Å². The van der Waals surface area contributed by atoms with Crippen molar-refractivity contribution in [1.29, 1.82) is 0 Å². The molecule has 3 heterocycles. The van der Waals surface area contributed by atoms with Gasteiger partial charge in [-0.25, -0.2) is 4.79 Å². The van der Waals surface area contributed by atoms with Crippen molar-refractivity contribution in [3.63, 3.8) is 0 Å². The van der Waals surface area contributed by atoms with Crippen molar-refractivity contribution in [3.8, 4) is 0 Å². The van der Waals surface area contributed by atoms with Gasteiger partial charge in [0.25, 0.3) is 11.5 Å². The van der Waals surface area contributed by atoms with Gasteiger partial charge in [-0.2, -0.15) is 13.2 Å². The van der Waals surface area contributed by atoms with E-state index in [1.165, 1.54) is 11.0 Å². The smallest absolute Gasteiger partial charge is 0.352 e. The Morgan fingerprint density at radius 2 is 1.77 bits per heavy atom. The second-order valence-electron chi connectivity index (χ2n) is 5.54. The lowest BCUT2D eigenvalue weighted by molar-refractivity contribution is -0.141. The van der Waals surface area contributed by atoms with Crippen LogP contribution < -0.4 is 16.1 Å². The molecule has 0 atom stereocenters. The molecule has 1 aliphatic heterocycles. The highest BCUT2D eigenvalue weighted by molar-refractivity contribution is 5.93. The lowest BCUT2D eigenvalue weighted by Gasteiger charge is -2.35. The van der Waals surface area contributed by atoms with Crippen LogP contribution in [0.3, 0.4) is 0 Å². The standard InChI is InChI=1S/C14H13F3N6O3/c15-14(16,17)9-1-2-10(21-20-9)22-3-5-23(6-4-22)12(25)8-7-18-13(26)19-11(8)24/h1-2,7H,3-6H2,(H2,18,19,24,26). The first-order valence-corrected chi connectivity index (χ1v) is 7.53. The number of amides is 1. The Labute approximate surface area is 143 Å². The van der Waals surface area contributed by atoms with Crippen molar-refractivity contribution in [3.05, 3.63) is 50.4 Å². The summed E-state index contributed by atoms with van der Waals surface area (Å²) >= 11 is 0. The van der Waals surface area contributed by atoms with Gasteiger partial charge in [0, 0.05) is 32.4 Å². The molecule has 2 N–H and O–H groups in total. The molecule has 12 heteroatoms. The number of hydrogen-bond acceptors (Lipinski definition) is 6. The summed E-state index contributed by atoms with van der Waals surface area (Å²) in [6.45, 7) is 1.10. The average molecular weight is 370 g/mol. The normalized spacial score (nSPS) is 15.2. The van der Waals surface area contributed by atoms with Gasteiger partial charge in [-0.1, -0.05) is 0 Å². The number of H-pyrrole nitrogens is 2. The molecule has 1 saturated heterocycles. The number of nitrogens with zero attached hydrogens (tertiary/aromatic N) is 4. The molecule has 0 unspecified atom stereocenters. The molecule has 0 aromatic carbocycles. The van der Waals surface area contributed by atoms with Gasteiger partial charge < -0.3 is 14.8 Å². The summed E-state index contributed by atoms with van der Waals surface area (Å²) in [5, 5.41) is 6.75. The van der Waals surface area contributed by atoms with E-state index in [1.54, 1.807) is 4.90 Å². The molecule has 2 aromatic heterocycles. The number of aromatic nitrogens is 4. The predicted octanol–water partition coefficient (Wildman–Crippen LogP) is -0.166. The van der Waals surface area contributed by atoms with Crippen molar-refractivity contribution in [2.24, 2.45) is 0 Å². The molecule has 26 heavy (non-hydrogen) atoms. The number of carbonyl (C=O) groups excluding carboxylic acids is 1. The number of halogens is 3. The van der Waals surface area contributed by atoms with Crippen LogP contribution in [-0.4, -0.2) is 57.2 Å².